The Hall–Kier alpha value is -0.0400. The summed E-state index contributed by atoms with van der Waals surface area (Å²) < 4.78 is 0. The molecule has 1 heteroatoms. The highest BCUT2D eigenvalue weighted by molar-refractivity contribution is 4.66. The van der Waals surface area contributed by atoms with Crippen molar-refractivity contribution >= 4 is 0 Å². The normalized spacial score (nSPS) is 19.8. The van der Waals surface area contributed by atoms with Crippen LogP contribution in [0.15, 0.2) is 0 Å². The zero-order chi connectivity index (χ0) is 8.65. The summed E-state index contributed by atoms with van der Waals surface area (Å²) in [5.74, 6) is 1.01. The van der Waals surface area contributed by atoms with Gasteiger partial charge in [-0.15, -0.1) is 0 Å². The monoisotopic (exact) mass is 168 g/mol. The second-order valence-corrected chi connectivity index (χ2v) is 3.96. The van der Waals surface area contributed by atoms with Crippen LogP contribution in [-0.2, 0) is 0 Å². The Bertz CT molecular complexity index is 95.2. The van der Waals surface area contributed by atoms with Gasteiger partial charge in [0.1, 0.15) is 0 Å². The average molecular weight is 168 g/mol. The van der Waals surface area contributed by atoms with Crippen LogP contribution in [-0.4, -0.2) is 13.1 Å². The maximum Gasteiger partial charge on any atom is 0.0136 e. The highest BCUT2D eigenvalue weighted by Crippen LogP contribution is 2.25. The molecule has 0 N–H and O–H groups in total. The molecule has 0 aliphatic heterocycles. The van der Waals surface area contributed by atoms with E-state index in [1.165, 1.54) is 44.9 Å². The van der Waals surface area contributed by atoms with E-state index in [0.717, 1.165) is 19.0 Å². The first-order valence-electron chi connectivity index (χ1n) is 5.56. The summed E-state index contributed by atoms with van der Waals surface area (Å²) in [5.41, 5.74) is 0. The van der Waals surface area contributed by atoms with Crippen LogP contribution in [0, 0.1) is 5.92 Å². The van der Waals surface area contributed by atoms with Gasteiger partial charge in [0.05, 0.1) is 0 Å². The van der Waals surface area contributed by atoms with Crippen molar-refractivity contribution in [2.24, 2.45) is 5.92 Å². The predicted octanol–water partition coefficient (Wildman–Crippen LogP) is 2.97. The van der Waals surface area contributed by atoms with Gasteiger partial charge in [-0.25, -0.2) is 5.32 Å². The fourth-order valence-corrected chi connectivity index (χ4v) is 2.02. The van der Waals surface area contributed by atoms with E-state index in [2.05, 4.69) is 12.2 Å². The Morgan fingerprint density at radius 1 is 1.08 bits per heavy atom. The van der Waals surface area contributed by atoms with Crippen LogP contribution in [0.4, 0.5) is 0 Å². The molecular formula is C11H22N. The van der Waals surface area contributed by atoms with Crippen molar-refractivity contribution in [3.05, 3.63) is 0 Å². The van der Waals surface area contributed by atoms with E-state index in [4.69, 9.17) is 0 Å². The van der Waals surface area contributed by atoms with Gasteiger partial charge < -0.3 is 0 Å². The van der Waals surface area contributed by atoms with Crippen LogP contribution in [0.5, 0.6) is 0 Å². The van der Waals surface area contributed by atoms with Crippen LogP contribution in [0.1, 0.15) is 51.9 Å². The molecule has 1 saturated carbocycles. The lowest BCUT2D eigenvalue weighted by Gasteiger charge is -2.20. The Labute approximate surface area is 76.9 Å². The van der Waals surface area contributed by atoms with Gasteiger partial charge in [-0.1, -0.05) is 39.0 Å². The molecule has 1 aliphatic carbocycles. The maximum atomic E-state index is 4.48. The lowest BCUT2D eigenvalue weighted by atomic mass is 9.87. The lowest BCUT2D eigenvalue weighted by molar-refractivity contribution is 0.333. The Kier molecular flexibility index (Phi) is 5.42. The number of hydrogen-bond donors (Lipinski definition) is 0. The lowest BCUT2D eigenvalue weighted by Crippen LogP contribution is -2.14. The fraction of sp³-hybridized carbons (Fsp3) is 1.00. The second-order valence-electron chi connectivity index (χ2n) is 3.96. The highest BCUT2D eigenvalue weighted by Gasteiger charge is 2.12. The van der Waals surface area contributed by atoms with E-state index < -0.39 is 0 Å². The molecule has 0 heterocycles. The van der Waals surface area contributed by atoms with Gasteiger partial charge in [0.25, 0.3) is 0 Å². The SMILES string of the molecule is CCC[N]CCC1CCCCC1. The van der Waals surface area contributed by atoms with Gasteiger partial charge in [-0.3, -0.25) is 0 Å². The predicted molar refractivity (Wildman–Crippen MR) is 53.4 cm³/mol. The van der Waals surface area contributed by atoms with Crippen molar-refractivity contribution in [1.82, 2.24) is 5.32 Å². The van der Waals surface area contributed by atoms with Gasteiger partial charge >= 0.3 is 0 Å². The van der Waals surface area contributed by atoms with Gasteiger partial charge in [0.15, 0.2) is 0 Å². The van der Waals surface area contributed by atoms with E-state index in [0.29, 0.717) is 0 Å². The first-order valence-corrected chi connectivity index (χ1v) is 5.56. The molecule has 71 valence electrons. The van der Waals surface area contributed by atoms with Gasteiger partial charge in [-0.2, -0.15) is 0 Å². The van der Waals surface area contributed by atoms with Crippen molar-refractivity contribution in [3.63, 3.8) is 0 Å². The molecule has 0 aromatic carbocycles. The van der Waals surface area contributed by atoms with E-state index in [9.17, 15) is 0 Å². The smallest absolute Gasteiger partial charge is 0.0136 e. The average Bonchev–Trinajstić information content (AvgIpc) is 2.14. The van der Waals surface area contributed by atoms with E-state index in [1.54, 1.807) is 0 Å². The summed E-state index contributed by atoms with van der Waals surface area (Å²) in [5, 5.41) is 4.48. The fourth-order valence-electron chi connectivity index (χ4n) is 2.02. The third kappa shape index (κ3) is 4.10. The van der Waals surface area contributed by atoms with Crippen molar-refractivity contribution in [1.29, 1.82) is 0 Å². The summed E-state index contributed by atoms with van der Waals surface area (Å²) in [4.78, 5) is 0. The molecule has 1 radical (unpaired) electrons. The zero-order valence-electron chi connectivity index (χ0n) is 8.39. The molecule has 0 amide bonds. The Morgan fingerprint density at radius 3 is 2.50 bits per heavy atom. The summed E-state index contributed by atoms with van der Waals surface area (Å²) in [7, 11) is 0. The molecule has 12 heavy (non-hydrogen) atoms. The first kappa shape index (κ1) is 10.0. The minimum Gasteiger partial charge on any atom is -0.242 e. The quantitative estimate of drug-likeness (QED) is 0.560. The highest BCUT2D eigenvalue weighted by atomic mass is 14.8. The summed E-state index contributed by atoms with van der Waals surface area (Å²) in [6, 6.07) is 0. The number of hydrogen-bond acceptors (Lipinski definition) is 0. The van der Waals surface area contributed by atoms with Crippen molar-refractivity contribution in [3.8, 4) is 0 Å². The van der Waals surface area contributed by atoms with Gasteiger partial charge in [0.2, 0.25) is 0 Å². The molecule has 1 fully saturated rings. The van der Waals surface area contributed by atoms with Crippen molar-refractivity contribution in [2.45, 2.75) is 51.9 Å². The standard InChI is InChI=1S/C11H22N/c1-2-9-12-10-8-11-6-4-3-5-7-11/h11H,2-10H2,1H3. The molecule has 0 bridgehead atoms. The third-order valence-electron chi connectivity index (χ3n) is 2.80. The molecule has 0 aromatic heterocycles. The third-order valence-corrected chi connectivity index (χ3v) is 2.80. The Morgan fingerprint density at radius 2 is 1.83 bits per heavy atom. The van der Waals surface area contributed by atoms with E-state index >= 15 is 0 Å². The molecule has 0 saturated heterocycles. The molecular weight excluding hydrogens is 146 g/mol. The second kappa shape index (κ2) is 6.47. The van der Waals surface area contributed by atoms with E-state index in [1.807, 2.05) is 0 Å². The summed E-state index contributed by atoms with van der Waals surface area (Å²) in [6.45, 7) is 4.40. The van der Waals surface area contributed by atoms with Gasteiger partial charge in [0, 0.05) is 13.1 Å². The topological polar surface area (TPSA) is 14.1 Å². The summed E-state index contributed by atoms with van der Waals surface area (Å²) >= 11 is 0. The minimum absolute atomic E-state index is 1.01. The largest absolute Gasteiger partial charge is 0.242 e. The molecule has 1 rings (SSSR count). The Balaban J connectivity index is 1.91. The van der Waals surface area contributed by atoms with Crippen molar-refractivity contribution < 1.29 is 0 Å². The molecule has 0 spiro atoms. The van der Waals surface area contributed by atoms with Crippen LogP contribution in [0.2, 0.25) is 0 Å². The maximum absolute atomic E-state index is 4.48. The molecule has 0 aromatic rings. The molecule has 1 aliphatic rings. The van der Waals surface area contributed by atoms with E-state index in [-0.39, 0.29) is 0 Å². The molecule has 1 nitrogen and oxygen atoms in total. The van der Waals surface area contributed by atoms with Gasteiger partial charge in [-0.05, 0) is 18.8 Å². The summed E-state index contributed by atoms with van der Waals surface area (Å²) in [6.07, 6.45) is 9.94. The van der Waals surface area contributed by atoms with Crippen LogP contribution < -0.4 is 5.32 Å². The van der Waals surface area contributed by atoms with Crippen LogP contribution in [0.25, 0.3) is 0 Å². The number of rotatable bonds is 5. The molecule has 0 atom stereocenters. The number of nitrogens with zero attached hydrogens (tertiary/aromatic N) is 1. The first-order chi connectivity index (χ1) is 5.93. The van der Waals surface area contributed by atoms with Crippen molar-refractivity contribution in [2.75, 3.05) is 13.1 Å². The van der Waals surface area contributed by atoms with Crippen LogP contribution in [0.3, 0.4) is 0 Å². The minimum atomic E-state index is 1.01. The van der Waals surface area contributed by atoms with Crippen LogP contribution >= 0.6 is 0 Å². The zero-order valence-corrected chi connectivity index (χ0v) is 8.39. The molecule has 0 unspecified atom stereocenters.